The molecule has 2 atom stereocenters. The van der Waals surface area contributed by atoms with Crippen molar-refractivity contribution < 1.29 is 18.0 Å². The van der Waals surface area contributed by atoms with Crippen LogP contribution in [0.3, 0.4) is 0 Å². The third-order valence-corrected chi connectivity index (χ3v) is 7.50. The van der Waals surface area contributed by atoms with Crippen LogP contribution in [0.1, 0.15) is 41.6 Å². The van der Waals surface area contributed by atoms with Crippen LogP contribution < -0.4 is 5.32 Å². The van der Waals surface area contributed by atoms with Crippen molar-refractivity contribution in [2.24, 2.45) is 5.41 Å². The van der Waals surface area contributed by atoms with Crippen molar-refractivity contribution in [3.8, 4) is 11.4 Å². The summed E-state index contributed by atoms with van der Waals surface area (Å²) in [5.74, 6) is 0.395. The first kappa shape index (κ1) is 22.2. The molecule has 0 bridgehead atoms. The summed E-state index contributed by atoms with van der Waals surface area (Å²) in [6.45, 7) is 0.624. The summed E-state index contributed by atoms with van der Waals surface area (Å²) < 4.78 is 38.5. The summed E-state index contributed by atoms with van der Waals surface area (Å²) >= 11 is 6.27. The minimum atomic E-state index is -4.50. The van der Waals surface area contributed by atoms with Gasteiger partial charge in [-0.25, -0.2) is 19.9 Å². The molecule has 2 aromatic heterocycles. The summed E-state index contributed by atoms with van der Waals surface area (Å²) in [5.41, 5.74) is -0.230. The van der Waals surface area contributed by atoms with Gasteiger partial charge in [0.15, 0.2) is 5.82 Å². The molecule has 1 N–H and O–H groups in total. The van der Waals surface area contributed by atoms with Crippen LogP contribution in [0, 0.1) is 5.41 Å². The minimum absolute atomic E-state index is 0.0923. The summed E-state index contributed by atoms with van der Waals surface area (Å²) in [7, 11) is 0. The highest BCUT2D eigenvalue weighted by Gasteiger charge is 2.70. The van der Waals surface area contributed by atoms with Gasteiger partial charge in [-0.15, -0.1) is 0 Å². The molecule has 11 heteroatoms. The number of amides is 1. The molecule has 180 valence electrons. The van der Waals surface area contributed by atoms with Gasteiger partial charge in [0.25, 0.3) is 5.91 Å². The molecular formula is C24H20ClF3N6O. The molecule has 3 aromatic rings. The minimum Gasteiger partial charge on any atom is -0.349 e. The van der Waals surface area contributed by atoms with Crippen molar-refractivity contribution in [1.82, 2.24) is 24.8 Å². The summed E-state index contributed by atoms with van der Waals surface area (Å²) in [5, 5.41) is 3.59. The average molecular weight is 501 g/mol. The quantitative estimate of drug-likeness (QED) is 0.551. The van der Waals surface area contributed by atoms with E-state index in [1.807, 2.05) is 4.90 Å². The predicted octanol–water partition coefficient (Wildman–Crippen LogP) is 4.86. The Morgan fingerprint density at radius 2 is 1.83 bits per heavy atom. The van der Waals surface area contributed by atoms with Gasteiger partial charge in [0.2, 0.25) is 5.95 Å². The highest BCUT2D eigenvalue weighted by atomic mass is 35.5. The SMILES string of the molecule is O=C(c1cc(Cl)ccc1-c1ncccn1)N1CC2(CC2)CC12C[C@@H]2Nc1ncc(C(F)(F)F)cn1. The number of nitrogens with zero attached hydrogens (tertiary/aromatic N) is 5. The number of carbonyl (C=O) groups is 1. The van der Waals surface area contributed by atoms with E-state index in [1.54, 1.807) is 36.7 Å². The molecule has 3 fully saturated rings. The standard InChI is InChI=1S/C24H20ClF3N6O/c25-15-2-3-16(19-29-6-1-7-30-19)17(8-15)20(35)34-13-22(4-5-22)12-23(34)9-18(23)33-21-31-10-14(11-32-21)24(26,27)28/h1-3,6-8,10-11,18H,4-5,9,12-13H2,(H,31,32,33)/t18-,23?/m0/s1. The molecule has 1 saturated heterocycles. The predicted molar refractivity (Wildman–Crippen MR) is 122 cm³/mol. The van der Waals surface area contributed by atoms with E-state index in [1.165, 1.54) is 0 Å². The molecule has 6 rings (SSSR count). The van der Waals surface area contributed by atoms with Crippen LogP contribution >= 0.6 is 11.6 Å². The number of carbonyl (C=O) groups excluding carboxylic acids is 1. The lowest BCUT2D eigenvalue weighted by Gasteiger charge is -2.27. The van der Waals surface area contributed by atoms with E-state index in [0.29, 0.717) is 34.9 Å². The number of halogens is 4. The summed E-state index contributed by atoms with van der Waals surface area (Å²) in [4.78, 5) is 32.1. The van der Waals surface area contributed by atoms with Crippen LogP contribution in [-0.4, -0.2) is 48.9 Å². The van der Waals surface area contributed by atoms with Gasteiger partial charge in [-0.2, -0.15) is 13.2 Å². The molecule has 1 aliphatic heterocycles. The zero-order valence-electron chi connectivity index (χ0n) is 18.4. The van der Waals surface area contributed by atoms with Crippen molar-refractivity contribution in [3.63, 3.8) is 0 Å². The van der Waals surface area contributed by atoms with Crippen molar-refractivity contribution in [2.75, 3.05) is 11.9 Å². The van der Waals surface area contributed by atoms with Gasteiger partial charge < -0.3 is 10.2 Å². The van der Waals surface area contributed by atoms with Crippen LogP contribution in [-0.2, 0) is 6.18 Å². The van der Waals surface area contributed by atoms with Crippen LogP contribution in [0.4, 0.5) is 19.1 Å². The van der Waals surface area contributed by atoms with Gasteiger partial charge in [0, 0.05) is 41.9 Å². The van der Waals surface area contributed by atoms with E-state index in [2.05, 4.69) is 25.3 Å². The monoisotopic (exact) mass is 500 g/mol. The zero-order chi connectivity index (χ0) is 24.4. The first-order chi connectivity index (χ1) is 16.7. The molecule has 1 aromatic carbocycles. The third kappa shape index (κ3) is 3.89. The summed E-state index contributed by atoms with van der Waals surface area (Å²) in [6, 6.07) is 6.65. The van der Waals surface area contributed by atoms with E-state index in [4.69, 9.17) is 11.6 Å². The molecular weight excluding hydrogens is 481 g/mol. The van der Waals surface area contributed by atoms with E-state index in [9.17, 15) is 18.0 Å². The van der Waals surface area contributed by atoms with Crippen LogP contribution in [0.5, 0.6) is 0 Å². The number of nitrogens with one attached hydrogen (secondary N) is 1. The second-order valence-corrected chi connectivity index (χ2v) is 10.1. The highest BCUT2D eigenvalue weighted by Crippen LogP contribution is 2.65. The average Bonchev–Trinajstić information content (AvgIpc) is 3.71. The maximum absolute atomic E-state index is 13.9. The Morgan fingerprint density at radius 1 is 1.11 bits per heavy atom. The van der Waals surface area contributed by atoms with Crippen molar-refractivity contribution >= 4 is 23.5 Å². The van der Waals surface area contributed by atoms with Gasteiger partial charge in [0.05, 0.1) is 22.7 Å². The molecule has 3 aliphatic rings. The fraction of sp³-hybridized carbons (Fsp3) is 0.375. The van der Waals surface area contributed by atoms with Gasteiger partial charge in [-0.3, -0.25) is 4.79 Å². The number of alkyl halides is 3. The topological polar surface area (TPSA) is 83.9 Å². The van der Waals surface area contributed by atoms with Crippen molar-refractivity contribution in [3.05, 3.63) is 65.2 Å². The molecule has 0 radical (unpaired) electrons. The number of benzene rings is 1. The van der Waals surface area contributed by atoms with E-state index >= 15 is 0 Å². The smallest absolute Gasteiger partial charge is 0.349 e. The van der Waals surface area contributed by atoms with Gasteiger partial charge in [0.1, 0.15) is 0 Å². The third-order valence-electron chi connectivity index (χ3n) is 7.26. The van der Waals surface area contributed by atoms with Crippen molar-refractivity contribution in [1.29, 1.82) is 0 Å². The lowest BCUT2D eigenvalue weighted by molar-refractivity contribution is -0.138. The van der Waals surface area contributed by atoms with Gasteiger partial charge in [-0.05, 0) is 55.4 Å². The number of hydrogen-bond donors (Lipinski definition) is 1. The zero-order valence-corrected chi connectivity index (χ0v) is 19.1. The molecule has 7 nitrogen and oxygen atoms in total. The number of likely N-dealkylation sites (tertiary alicyclic amines) is 1. The Morgan fingerprint density at radius 3 is 2.49 bits per heavy atom. The normalized spacial score (nSPS) is 24.1. The van der Waals surface area contributed by atoms with Crippen molar-refractivity contribution in [2.45, 2.75) is 43.4 Å². The number of aromatic nitrogens is 4. The lowest BCUT2D eigenvalue weighted by Crippen LogP contribution is -2.41. The number of anilines is 1. The first-order valence-corrected chi connectivity index (χ1v) is 11.6. The van der Waals surface area contributed by atoms with Crippen LogP contribution in [0.15, 0.2) is 49.1 Å². The van der Waals surface area contributed by atoms with Gasteiger partial charge in [-0.1, -0.05) is 11.6 Å². The Hall–Kier alpha value is -3.27. The Bertz CT molecular complexity index is 1300. The van der Waals surface area contributed by atoms with Gasteiger partial charge >= 0.3 is 6.18 Å². The molecule has 2 aliphatic carbocycles. The Kier molecular flexibility index (Phi) is 4.83. The number of rotatable bonds is 4. The second kappa shape index (κ2) is 7.61. The number of hydrogen-bond acceptors (Lipinski definition) is 6. The summed E-state index contributed by atoms with van der Waals surface area (Å²) in [6.07, 6.45) is 3.87. The maximum Gasteiger partial charge on any atom is 0.419 e. The fourth-order valence-electron chi connectivity index (χ4n) is 5.23. The van der Waals surface area contributed by atoms with E-state index in [-0.39, 0.29) is 23.3 Å². The van der Waals surface area contributed by atoms with Crippen LogP contribution in [0.25, 0.3) is 11.4 Å². The van der Waals surface area contributed by atoms with Crippen LogP contribution in [0.2, 0.25) is 5.02 Å². The Labute approximate surface area is 203 Å². The largest absolute Gasteiger partial charge is 0.419 e. The molecule has 1 unspecified atom stereocenters. The highest BCUT2D eigenvalue weighted by molar-refractivity contribution is 6.31. The first-order valence-electron chi connectivity index (χ1n) is 11.2. The molecule has 1 amide bonds. The van der Waals surface area contributed by atoms with E-state index in [0.717, 1.165) is 31.7 Å². The fourth-order valence-corrected chi connectivity index (χ4v) is 5.40. The molecule has 2 saturated carbocycles. The molecule has 3 heterocycles. The Balaban J connectivity index is 1.29. The second-order valence-electron chi connectivity index (χ2n) is 9.63. The molecule has 35 heavy (non-hydrogen) atoms. The van der Waals surface area contributed by atoms with E-state index < -0.39 is 17.3 Å². The lowest BCUT2D eigenvalue weighted by atomic mass is 10.0. The maximum atomic E-state index is 13.9. The molecule has 2 spiro atoms.